The Labute approximate surface area is 129 Å². The molecule has 2 rings (SSSR count). The van der Waals surface area contributed by atoms with Gasteiger partial charge in [-0.1, -0.05) is 12.1 Å². The van der Waals surface area contributed by atoms with Crippen LogP contribution in [0.15, 0.2) is 40.9 Å². The molecule has 0 spiro atoms. The van der Waals surface area contributed by atoms with Gasteiger partial charge in [0.1, 0.15) is 11.6 Å². The minimum absolute atomic E-state index is 0.0487. The molecule has 0 fully saturated rings. The highest BCUT2D eigenvalue weighted by Crippen LogP contribution is 2.27. The summed E-state index contributed by atoms with van der Waals surface area (Å²) in [5.41, 5.74) is 1.18. The quantitative estimate of drug-likeness (QED) is 0.880. The number of nitrogens with one attached hydrogen (secondary N) is 1. The summed E-state index contributed by atoms with van der Waals surface area (Å²) in [6.45, 7) is 0.0487. The van der Waals surface area contributed by atoms with E-state index in [-0.39, 0.29) is 16.7 Å². The van der Waals surface area contributed by atoms with E-state index in [1.165, 1.54) is 0 Å². The first-order chi connectivity index (χ1) is 10.0. The van der Waals surface area contributed by atoms with Gasteiger partial charge in [0.2, 0.25) is 0 Å². The second-order valence-electron chi connectivity index (χ2n) is 4.37. The number of nitrogens with zero attached hydrogens (tertiary/aromatic N) is 1. The maximum atomic E-state index is 13.6. The molecule has 3 nitrogen and oxygen atoms in total. The lowest BCUT2D eigenvalue weighted by atomic mass is 10.1. The number of rotatable bonds is 4. The Balaban J connectivity index is 2.07. The second kappa shape index (κ2) is 6.66. The molecule has 0 aliphatic carbocycles. The van der Waals surface area contributed by atoms with Crippen LogP contribution in [0.5, 0.6) is 0 Å². The highest BCUT2D eigenvalue weighted by molar-refractivity contribution is 9.10. The molecule has 1 atom stereocenters. The number of aliphatic hydroxyl groups excluding tert-OH is 1. The molecule has 2 N–H and O–H groups in total. The Morgan fingerprint density at radius 3 is 2.48 bits per heavy atom. The standard InChI is InChI=1S/C15H11BrF2N2O/c16-12-5-11(17)6-13(18)15(12)20-8-14(21)10-3-1-9(7-19)2-4-10/h1-6,14,20-21H,8H2. The molecule has 21 heavy (non-hydrogen) atoms. The van der Waals surface area contributed by atoms with Gasteiger partial charge in [-0.2, -0.15) is 5.26 Å². The molecular formula is C15H11BrF2N2O. The van der Waals surface area contributed by atoms with Gasteiger partial charge in [0.05, 0.1) is 23.4 Å². The minimum Gasteiger partial charge on any atom is -0.387 e. The first-order valence-corrected chi connectivity index (χ1v) is 6.87. The lowest BCUT2D eigenvalue weighted by Crippen LogP contribution is -2.13. The van der Waals surface area contributed by atoms with Crippen molar-refractivity contribution in [2.45, 2.75) is 6.10 Å². The number of aliphatic hydroxyl groups is 1. The van der Waals surface area contributed by atoms with Crippen molar-refractivity contribution in [3.63, 3.8) is 0 Å². The first kappa shape index (κ1) is 15.4. The zero-order valence-electron chi connectivity index (χ0n) is 10.8. The molecule has 0 bridgehead atoms. The van der Waals surface area contributed by atoms with Gasteiger partial charge in [-0.15, -0.1) is 0 Å². The van der Waals surface area contributed by atoms with Crippen LogP contribution in [0.2, 0.25) is 0 Å². The molecule has 0 aromatic heterocycles. The van der Waals surface area contributed by atoms with E-state index in [2.05, 4.69) is 21.2 Å². The lowest BCUT2D eigenvalue weighted by Gasteiger charge is -2.15. The van der Waals surface area contributed by atoms with Crippen LogP contribution >= 0.6 is 15.9 Å². The molecular weight excluding hydrogens is 342 g/mol. The lowest BCUT2D eigenvalue weighted by molar-refractivity contribution is 0.191. The monoisotopic (exact) mass is 352 g/mol. The number of anilines is 1. The molecule has 0 radical (unpaired) electrons. The zero-order valence-corrected chi connectivity index (χ0v) is 12.4. The molecule has 108 valence electrons. The Hall–Kier alpha value is -1.97. The normalized spacial score (nSPS) is 11.8. The average Bonchev–Trinajstić information content (AvgIpc) is 2.46. The molecule has 2 aromatic rings. The van der Waals surface area contributed by atoms with E-state index in [1.807, 2.05) is 6.07 Å². The van der Waals surface area contributed by atoms with Crippen LogP contribution in [0.3, 0.4) is 0 Å². The van der Waals surface area contributed by atoms with Crippen molar-refractivity contribution in [1.29, 1.82) is 5.26 Å². The van der Waals surface area contributed by atoms with E-state index in [9.17, 15) is 13.9 Å². The maximum absolute atomic E-state index is 13.6. The van der Waals surface area contributed by atoms with Gasteiger partial charge in [-0.05, 0) is 39.7 Å². The maximum Gasteiger partial charge on any atom is 0.150 e. The summed E-state index contributed by atoms with van der Waals surface area (Å²) in [6.07, 6.45) is -0.880. The zero-order chi connectivity index (χ0) is 15.4. The van der Waals surface area contributed by atoms with Gasteiger partial charge in [-0.25, -0.2) is 8.78 Å². The molecule has 6 heteroatoms. The van der Waals surface area contributed by atoms with Crippen LogP contribution in [0.4, 0.5) is 14.5 Å². The number of hydrogen-bond donors (Lipinski definition) is 2. The smallest absolute Gasteiger partial charge is 0.150 e. The summed E-state index contributed by atoms with van der Waals surface area (Å²) >= 11 is 3.06. The number of hydrogen-bond acceptors (Lipinski definition) is 3. The third kappa shape index (κ3) is 3.78. The molecule has 0 saturated heterocycles. The van der Waals surface area contributed by atoms with E-state index in [1.54, 1.807) is 24.3 Å². The molecule has 0 aliphatic heterocycles. The molecule has 0 aliphatic rings. The van der Waals surface area contributed by atoms with Crippen LogP contribution in [0.1, 0.15) is 17.2 Å². The van der Waals surface area contributed by atoms with E-state index in [0.29, 0.717) is 11.1 Å². The highest BCUT2D eigenvalue weighted by atomic mass is 79.9. The fourth-order valence-corrected chi connectivity index (χ4v) is 2.36. The van der Waals surface area contributed by atoms with E-state index >= 15 is 0 Å². The second-order valence-corrected chi connectivity index (χ2v) is 5.23. The number of nitriles is 1. The first-order valence-electron chi connectivity index (χ1n) is 6.08. The third-order valence-corrected chi connectivity index (χ3v) is 3.53. The highest BCUT2D eigenvalue weighted by Gasteiger charge is 2.12. The molecule has 0 saturated carbocycles. The number of benzene rings is 2. The third-order valence-electron chi connectivity index (χ3n) is 2.90. The van der Waals surface area contributed by atoms with Gasteiger partial charge < -0.3 is 10.4 Å². The fraction of sp³-hybridized carbons (Fsp3) is 0.133. The molecule has 1 unspecified atom stereocenters. The van der Waals surface area contributed by atoms with Crippen molar-refractivity contribution in [2.24, 2.45) is 0 Å². The predicted octanol–water partition coefficient (Wildman–Crippen LogP) is 3.74. The summed E-state index contributed by atoms with van der Waals surface area (Å²) in [4.78, 5) is 0. The summed E-state index contributed by atoms with van der Waals surface area (Å²) in [6, 6.07) is 10.3. The van der Waals surface area contributed by atoms with Crippen LogP contribution in [-0.2, 0) is 0 Å². The summed E-state index contributed by atoms with van der Waals surface area (Å²) < 4.78 is 26.8. The van der Waals surface area contributed by atoms with Gasteiger partial charge >= 0.3 is 0 Å². The fourth-order valence-electron chi connectivity index (χ4n) is 1.81. The predicted molar refractivity (Wildman–Crippen MR) is 78.7 cm³/mol. The largest absolute Gasteiger partial charge is 0.387 e. The molecule has 2 aromatic carbocycles. The number of halogens is 3. The van der Waals surface area contributed by atoms with Crippen molar-refractivity contribution in [1.82, 2.24) is 0 Å². The van der Waals surface area contributed by atoms with Crippen molar-refractivity contribution < 1.29 is 13.9 Å². The van der Waals surface area contributed by atoms with Crippen molar-refractivity contribution in [3.8, 4) is 6.07 Å². The van der Waals surface area contributed by atoms with Gasteiger partial charge in [0.15, 0.2) is 0 Å². The average molecular weight is 353 g/mol. The Bertz CT molecular complexity index is 660. The van der Waals surface area contributed by atoms with E-state index in [4.69, 9.17) is 5.26 Å². The van der Waals surface area contributed by atoms with Crippen LogP contribution in [-0.4, -0.2) is 11.7 Å². The summed E-state index contributed by atoms with van der Waals surface area (Å²) in [7, 11) is 0. The molecule has 0 amide bonds. The van der Waals surface area contributed by atoms with Crippen molar-refractivity contribution in [3.05, 3.63) is 63.6 Å². The van der Waals surface area contributed by atoms with Gasteiger partial charge in [0, 0.05) is 17.1 Å². The van der Waals surface area contributed by atoms with Crippen LogP contribution in [0.25, 0.3) is 0 Å². The van der Waals surface area contributed by atoms with Crippen molar-refractivity contribution in [2.75, 3.05) is 11.9 Å². The summed E-state index contributed by atoms with van der Waals surface area (Å²) in [5.74, 6) is -1.42. The molecule has 0 heterocycles. The Kier molecular flexibility index (Phi) is 4.89. The van der Waals surface area contributed by atoms with Gasteiger partial charge in [0.25, 0.3) is 0 Å². The van der Waals surface area contributed by atoms with Crippen molar-refractivity contribution >= 4 is 21.6 Å². The van der Waals surface area contributed by atoms with Crippen LogP contribution < -0.4 is 5.32 Å². The SMILES string of the molecule is N#Cc1ccc(C(O)CNc2c(F)cc(F)cc2Br)cc1. The van der Waals surface area contributed by atoms with Gasteiger partial charge in [-0.3, -0.25) is 0 Å². The van der Waals surface area contributed by atoms with E-state index in [0.717, 1.165) is 12.1 Å². The Morgan fingerprint density at radius 1 is 1.24 bits per heavy atom. The minimum atomic E-state index is -0.880. The summed E-state index contributed by atoms with van der Waals surface area (Å²) in [5, 5.41) is 21.5. The van der Waals surface area contributed by atoms with E-state index < -0.39 is 17.7 Å². The van der Waals surface area contributed by atoms with Crippen LogP contribution in [0, 0.1) is 23.0 Å². The topological polar surface area (TPSA) is 56.0 Å². The Morgan fingerprint density at radius 2 is 1.90 bits per heavy atom.